The minimum atomic E-state index is -1.34. The van der Waals surface area contributed by atoms with Crippen molar-refractivity contribution in [3.63, 3.8) is 0 Å². The van der Waals surface area contributed by atoms with Crippen molar-refractivity contribution in [2.24, 2.45) is 10.8 Å². The first-order chi connectivity index (χ1) is 21.6. The number of hydrogen-bond acceptors (Lipinski definition) is 9. The molecule has 3 aromatic carbocycles. The fourth-order valence-electron chi connectivity index (χ4n) is 4.58. The predicted molar refractivity (Wildman–Crippen MR) is 176 cm³/mol. The van der Waals surface area contributed by atoms with Crippen LogP contribution < -0.4 is 19.5 Å². The fourth-order valence-corrected chi connectivity index (χ4v) is 4.58. The normalized spacial score (nSPS) is 15.7. The minimum absolute atomic E-state index is 0.139. The van der Waals surface area contributed by atoms with Crippen LogP contribution in [-0.4, -0.2) is 45.2 Å². The lowest BCUT2D eigenvalue weighted by Gasteiger charge is -2.36. The van der Waals surface area contributed by atoms with Gasteiger partial charge in [-0.05, 0) is 77.2 Å². The lowest BCUT2D eigenvalue weighted by Crippen LogP contribution is -2.33. The van der Waals surface area contributed by atoms with Gasteiger partial charge in [0.2, 0.25) is 0 Å². The van der Waals surface area contributed by atoms with Gasteiger partial charge in [0.15, 0.2) is 5.60 Å². The van der Waals surface area contributed by atoms with Crippen molar-refractivity contribution in [2.75, 3.05) is 20.7 Å². The Labute approximate surface area is 271 Å². The van der Waals surface area contributed by atoms with Gasteiger partial charge in [0.25, 0.3) is 0 Å². The molecule has 3 aromatic rings. The van der Waals surface area contributed by atoms with Crippen LogP contribution in [0.3, 0.4) is 0 Å². The molecule has 0 bridgehead atoms. The molecule has 0 saturated heterocycles. The average molecular weight is 632 g/mol. The highest BCUT2D eigenvalue weighted by atomic mass is 16.6. The molecule has 2 aliphatic heterocycles. The monoisotopic (exact) mass is 631 g/mol. The van der Waals surface area contributed by atoms with Crippen LogP contribution in [0.4, 0.5) is 0 Å². The number of aldehydes is 2. The second kappa shape index (κ2) is 14.7. The number of fused-ring (bicyclic) bond motifs is 6. The van der Waals surface area contributed by atoms with E-state index < -0.39 is 23.0 Å². The number of esters is 2. The third-order valence-corrected chi connectivity index (χ3v) is 7.10. The zero-order valence-electron chi connectivity index (χ0n) is 28.2. The summed E-state index contributed by atoms with van der Waals surface area (Å²) in [6, 6.07) is 15.0. The van der Waals surface area contributed by atoms with E-state index in [0.717, 1.165) is 19.1 Å². The van der Waals surface area contributed by atoms with Crippen molar-refractivity contribution in [1.82, 2.24) is 5.32 Å². The Morgan fingerprint density at radius 1 is 0.891 bits per heavy atom. The maximum atomic E-state index is 13.0. The van der Waals surface area contributed by atoms with Crippen LogP contribution in [0.25, 0.3) is 0 Å². The first-order valence-electron chi connectivity index (χ1n) is 15.3. The topological polar surface area (TPSA) is 117 Å². The molecule has 2 heterocycles. The molecule has 1 unspecified atom stereocenters. The van der Waals surface area contributed by atoms with Crippen molar-refractivity contribution in [1.29, 1.82) is 0 Å². The SMILES string of the molecule is CC(C)(C)C=O.CCCCNC.COc1ccc2c(c1)Oc1cc(OC(=O)C(C)(C)C)ccc1C21OC(=O)c2ccc(C=O)cc21. The van der Waals surface area contributed by atoms with Gasteiger partial charge in [0.1, 0.15) is 35.6 Å². The Kier molecular flexibility index (Phi) is 11.5. The molecule has 0 saturated carbocycles. The van der Waals surface area contributed by atoms with E-state index >= 15 is 0 Å². The number of rotatable bonds is 6. The quantitative estimate of drug-likeness (QED) is 0.130. The summed E-state index contributed by atoms with van der Waals surface area (Å²) in [6.45, 7) is 14.3. The van der Waals surface area contributed by atoms with Gasteiger partial charge in [0, 0.05) is 39.8 Å². The molecule has 2 aliphatic rings. The van der Waals surface area contributed by atoms with Crippen molar-refractivity contribution in [3.05, 3.63) is 82.4 Å². The maximum Gasteiger partial charge on any atom is 0.340 e. The molecule has 5 rings (SSSR count). The molecule has 246 valence electrons. The molecule has 9 heteroatoms. The number of methoxy groups -OCH3 is 1. The number of ether oxygens (including phenoxy) is 4. The van der Waals surface area contributed by atoms with Crippen molar-refractivity contribution >= 4 is 24.5 Å². The molecule has 1 spiro atoms. The van der Waals surface area contributed by atoms with Crippen molar-refractivity contribution in [2.45, 2.75) is 66.9 Å². The van der Waals surface area contributed by atoms with Gasteiger partial charge in [-0.15, -0.1) is 0 Å². The van der Waals surface area contributed by atoms with E-state index in [1.165, 1.54) is 12.8 Å². The van der Waals surface area contributed by atoms with Crippen molar-refractivity contribution in [3.8, 4) is 23.0 Å². The Bertz CT molecular complexity index is 1580. The van der Waals surface area contributed by atoms with Crippen LogP contribution in [0.1, 0.15) is 98.7 Å². The highest BCUT2D eigenvalue weighted by Gasteiger charge is 2.53. The predicted octanol–water partition coefficient (Wildman–Crippen LogP) is 7.26. The van der Waals surface area contributed by atoms with E-state index in [0.29, 0.717) is 50.8 Å². The fraction of sp³-hybridized carbons (Fsp3) is 0.405. The molecule has 0 amide bonds. The summed E-state index contributed by atoms with van der Waals surface area (Å²) in [5.74, 6) is 0.726. The Hall–Kier alpha value is -4.50. The molecule has 0 radical (unpaired) electrons. The van der Waals surface area contributed by atoms with Crippen LogP contribution in [0.5, 0.6) is 23.0 Å². The third kappa shape index (κ3) is 8.01. The highest BCUT2D eigenvalue weighted by molar-refractivity contribution is 5.98. The number of benzene rings is 3. The van der Waals surface area contributed by atoms with E-state index in [1.807, 2.05) is 27.8 Å². The largest absolute Gasteiger partial charge is 0.497 e. The van der Waals surface area contributed by atoms with Crippen LogP contribution in [0.15, 0.2) is 54.6 Å². The standard InChI is InChI=1S/C27H22O7.C5H13N.C5H10O/c1-26(2,3)25(30)32-17-7-10-20-23(13-17)33-22-12-16(31-4)6-9-19(22)27(20)21-11-15(14-28)5-8-18(21)24(29)34-27;1-3-4-5-6-2;1-5(2,3)4-6/h5-14H,1-4H3;6H,3-5H2,1-2H3;4H,1-3H3. The van der Waals surface area contributed by atoms with Gasteiger partial charge in [-0.1, -0.05) is 40.2 Å². The zero-order chi connectivity index (χ0) is 34.3. The van der Waals surface area contributed by atoms with Crippen LogP contribution in [-0.2, 0) is 19.9 Å². The number of hydrogen-bond donors (Lipinski definition) is 1. The van der Waals surface area contributed by atoms with E-state index in [2.05, 4.69) is 12.2 Å². The van der Waals surface area contributed by atoms with Crippen LogP contribution in [0, 0.1) is 10.8 Å². The lowest BCUT2D eigenvalue weighted by molar-refractivity contribution is -0.143. The molecule has 9 nitrogen and oxygen atoms in total. The number of unbranched alkanes of at least 4 members (excludes halogenated alkanes) is 1. The van der Waals surface area contributed by atoms with E-state index in [-0.39, 0.29) is 5.41 Å². The number of nitrogens with one attached hydrogen (secondary N) is 1. The minimum Gasteiger partial charge on any atom is -0.497 e. The first-order valence-corrected chi connectivity index (χ1v) is 15.3. The van der Waals surface area contributed by atoms with Crippen molar-refractivity contribution < 1.29 is 38.1 Å². The van der Waals surface area contributed by atoms with Gasteiger partial charge in [-0.25, -0.2) is 4.79 Å². The number of carbonyl (C=O) groups is 4. The second-order valence-electron chi connectivity index (χ2n) is 13.2. The molecular formula is C37H45NO8. The Balaban J connectivity index is 0.000000410. The van der Waals surface area contributed by atoms with Gasteiger partial charge in [-0.2, -0.15) is 0 Å². The van der Waals surface area contributed by atoms with E-state index in [9.17, 15) is 19.2 Å². The smallest absolute Gasteiger partial charge is 0.340 e. The maximum absolute atomic E-state index is 13.0. The van der Waals surface area contributed by atoms with E-state index in [1.54, 1.807) is 82.5 Å². The summed E-state index contributed by atoms with van der Waals surface area (Å²) in [6.07, 6.45) is 4.26. The van der Waals surface area contributed by atoms with Crippen LogP contribution >= 0.6 is 0 Å². The molecule has 0 fully saturated rings. The highest BCUT2D eigenvalue weighted by Crippen LogP contribution is 2.57. The lowest BCUT2D eigenvalue weighted by atomic mass is 9.77. The summed E-state index contributed by atoms with van der Waals surface area (Å²) in [7, 11) is 3.52. The summed E-state index contributed by atoms with van der Waals surface area (Å²) in [5, 5.41) is 3.07. The summed E-state index contributed by atoms with van der Waals surface area (Å²) in [5.41, 5.74) is 0.290. The molecule has 0 aliphatic carbocycles. The van der Waals surface area contributed by atoms with Gasteiger partial charge in [-0.3, -0.25) is 9.59 Å². The third-order valence-electron chi connectivity index (χ3n) is 7.10. The molecule has 46 heavy (non-hydrogen) atoms. The Morgan fingerprint density at radius 3 is 1.96 bits per heavy atom. The second-order valence-corrected chi connectivity index (χ2v) is 13.2. The zero-order valence-corrected chi connectivity index (χ0v) is 28.2. The number of carbonyl (C=O) groups excluding carboxylic acids is 4. The Morgan fingerprint density at radius 2 is 1.48 bits per heavy atom. The first kappa shape index (κ1) is 36.0. The summed E-state index contributed by atoms with van der Waals surface area (Å²) < 4.78 is 23.2. The van der Waals surface area contributed by atoms with Gasteiger partial charge < -0.3 is 29.1 Å². The summed E-state index contributed by atoms with van der Waals surface area (Å²) in [4.78, 5) is 46.8. The summed E-state index contributed by atoms with van der Waals surface area (Å²) >= 11 is 0. The van der Waals surface area contributed by atoms with E-state index in [4.69, 9.17) is 18.9 Å². The molecular weight excluding hydrogens is 586 g/mol. The molecule has 1 atom stereocenters. The van der Waals surface area contributed by atoms with Crippen LogP contribution in [0.2, 0.25) is 0 Å². The van der Waals surface area contributed by atoms with Gasteiger partial charge >= 0.3 is 11.9 Å². The molecule has 1 N–H and O–H groups in total. The average Bonchev–Trinajstić information content (AvgIpc) is 3.30. The van der Waals surface area contributed by atoms with Gasteiger partial charge in [0.05, 0.1) is 18.1 Å². The molecule has 0 aromatic heterocycles.